The fourth-order valence-corrected chi connectivity index (χ4v) is 4.66. The summed E-state index contributed by atoms with van der Waals surface area (Å²) in [7, 11) is 0. The van der Waals surface area contributed by atoms with Crippen LogP contribution in [0.5, 0.6) is 0 Å². The van der Waals surface area contributed by atoms with Gasteiger partial charge in [0.2, 0.25) is 0 Å². The second-order valence-electron chi connectivity index (χ2n) is 8.73. The average Bonchev–Trinajstić information content (AvgIpc) is 3.09. The maximum Gasteiger partial charge on any atom is 0.416 e. The number of hydrogen-bond acceptors (Lipinski definition) is 1. The van der Waals surface area contributed by atoms with Crippen LogP contribution in [0, 0.1) is 5.92 Å². The minimum Gasteiger partial charge on any atom is -0.376 e. The second-order valence-corrected chi connectivity index (χ2v) is 9.14. The summed E-state index contributed by atoms with van der Waals surface area (Å²) in [5.41, 5.74) is 2.45. The van der Waals surface area contributed by atoms with Gasteiger partial charge in [-0.1, -0.05) is 68.8 Å². The van der Waals surface area contributed by atoms with Gasteiger partial charge in [-0.15, -0.1) is 0 Å². The Morgan fingerprint density at radius 3 is 2.29 bits per heavy atom. The lowest BCUT2D eigenvalue weighted by atomic mass is 9.75. The third kappa shape index (κ3) is 3.22. The summed E-state index contributed by atoms with van der Waals surface area (Å²) < 4.78 is 40.9. The third-order valence-electron chi connectivity index (χ3n) is 5.91. The molecule has 0 spiro atoms. The van der Waals surface area contributed by atoms with Crippen LogP contribution in [0.15, 0.2) is 48.6 Å². The number of benzene rings is 2. The molecule has 1 N–H and O–H groups in total. The van der Waals surface area contributed by atoms with Crippen molar-refractivity contribution in [2.45, 2.75) is 50.7 Å². The van der Waals surface area contributed by atoms with Crippen molar-refractivity contribution in [3.05, 3.63) is 75.8 Å². The van der Waals surface area contributed by atoms with Gasteiger partial charge in [0.15, 0.2) is 0 Å². The van der Waals surface area contributed by atoms with E-state index in [0.717, 1.165) is 18.1 Å². The predicted molar refractivity (Wildman–Crippen MR) is 108 cm³/mol. The smallest absolute Gasteiger partial charge is 0.376 e. The van der Waals surface area contributed by atoms with Gasteiger partial charge in [0.05, 0.1) is 22.3 Å². The number of fused-ring (bicyclic) bond motifs is 3. The molecule has 1 aliphatic carbocycles. The van der Waals surface area contributed by atoms with E-state index in [1.807, 2.05) is 12.2 Å². The van der Waals surface area contributed by atoms with Crippen molar-refractivity contribution < 1.29 is 13.2 Å². The molecule has 0 unspecified atom stereocenters. The Morgan fingerprint density at radius 2 is 1.68 bits per heavy atom. The van der Waals surface area contributed by atoms with Gasteiger partial charge in [-0.05, 0) is 46.6 Å². The van der Waals surface area contributed by atoms with Crippen LogP contribution in [-0.2, 0) is 11.6 Å². The van der Waals surface area contributed by atoms with E-state index in [1.165, 1.54) is 11.6 Å². The van der Waals surface area contributed by atoms with Crippen LogP contribution in [0.1, 0.15) is 61.4 Å². The lowest BCUT2D eigenvalue weighted by Gasteiger charge is -2.39. The summed E-state index contributed by atoms with van der Waals surface area (Å²) in [5.74, 6) is -0.258. The monoisotopic (exact) mass is 405 g/mol. The molecule has 0 bridgehead atoms. The largest absolute Gasteiger partial charge is 0.416 e. The quantitative estimate of drug-likeness (QED) is 0.485. The summed E-state index contributed by atoms with van der Waals surface area (Å²) in [4.78, 5) is 0. The Morgan fingerprint density at radius 1 is 1.00 bits per heavy atom. The van der Waals surface area contributed by atoms with E-state index < -0.39 is 11.7 Å². The molecule has 1 aliphatic heterocycles. The number of rotatable bonds is 1. The van der Waals surface area contributed by atoms with Crippen molar-refractivity contribution in [3.8, 4) is 0 Å². The van der Waals surface area contributed by atoms with Gasteiger partial charge in [-0.3, -0.25) is 0 Å². The van der Waals surface area contributed by atoms with Crippen molar-refractivity contribution in [1.82, 2.24) is 0 Å². The number of hydrogen-bond donors (Lipinski definition) is 1. The summed E-state index contributed by atoms with van der Waals surface area (Å²) in [6.07, 6.45) is 0.237. The highest BCUT2D eigenvalue weighted by Crippen LogP contribution is 2.54. The maximum atomic E-state index is 13.6. The molecule has 4 rings (SSSR count). The van der Waals surface area contributed by atoms with Crippen LogP contribution in [0.2, 0.25) is 5.02 Å². The maximum absolute atomic E-state index is 13.6. The van der Waals surface area contributed by atoms with Gasteiger partial charge >= 0.3 is 6.18 Å². The van der Waals surface area contributed by atoms with E-state index in [2.05, 4.69) is 50.4 Å². The number of nitrogens with one attached hydrogen (secondary N) is 1. The van der Waals surface area contributed by atoms with Crippen molar-refractivity contribution in [3.63, 3.8) is 0 Å². The molecule has 0 saturated heterocycles. The summed E-state index contributed by atoms with van der Waals surface area (Å²) in [6, 6.07) is 10.7. The Labute approximate surface area is 168 Å². The molecule has 0 amide bonds. The van der Waals surface area contributed by atoms with Crippen LogP contribution >= 0.6 is 11.6 Å². The fourth-order valence-electron chi connectivity index (χ4n) is 4.44. The summed E-state index contributed by atoms with van der Waals surface area (Å²) in [5, 5.41) is 3.68. The van der Waals surface area contributed by atoms with Crippen LogP contribution in [-0.4, -0.2) is 0 Å². The molecule has 0 aromatic heterocycles. The number of halogens is 4. The molecule has 0 radical (unpaired) electrons. The Hall–Kier alpha value is -1.94. The van der Waals surface area contributed by atoms with Gasteiger partial charge in [-0.2, -0.15) is 13.2 Å². The molecular formula is C23H23ClF3N. The zero-order chi connectivity index (χ0) is 20.3. The zero-order valence-electron chi connectivity index (χ0n) is 16.1. The Bertz CT molecular complexity index is 923. The first kappa shape index (κ1) is 19.4. The van der Waals surface area contributed by atoms with E-state index in [-0.39, 0.29) is 28.9 Å². The van der Waals surface area contributed by atoms with Crippen LogP contribution < -0.4 is 5.32 Å². The first-order chi connectivity index (χ1) is 13.1. The van der Waals surface area contributed by atoms with Gasteiger partial charge in [-0.25, -0.2) is 0 Å². The van der Waals surface area contributed by atoms with Crippen molar-refractivity contribution in [1.29, 1.82) is 0 Å². The number of alkyl halides is 3. The highest BCUT2D eigenvalue weighted by atomic mass is 35.5. The minimum atomic E-state index is -4.40. The van der Waals surface area contributed by atoms with Crippen LogP contribution in [0.25, 0.3) is 0 Å². The lowest BCUT2D eigenvalue weighted by Crippen LogP contribution is -2.31. The second kappa shape index (κ2) is 6.55. The molecule has 1 heterocycles. The molecule has 3 atom stereocenters. The van der Waals surface area contributed by atoms with Gasteiger partial charge in [0.1, 0.15) is 0 Å². The van der Waals surface area contributed by atoms with E-state index in [1.54, 1.807) is 0 Å². The molecule has 0 saturated carbocycles. The minimum absolute atomic E-state index is 0.0348. The standard InChI is InChI=1S/C23H23ClF3N/c1-22(2,3)14-9-7-13(8-10-14)20-16-6-4-5-15(16)19-17(23(25,26)27)11-12-18(24)21(19)28-20/h4-5,7-12,15-16,20,28H,6H2,1-3H3/t15-,16-,20+/m1/s1. The van der Waals surface area contributed by atoms with E-state index >= 15 is 0 Å². The zero-order valence-corrected chi connectivity index (χ0v) is 16.8. The molecule has 0 fully saturated rings. The molecular weight excluding hydrogens is 383 g/mol. The first-order valence-electron chi connectivity index (χ1n) is 9.50. The molecule has 148 valence electrons. The van der Waals surface area contributed by atoms with Crippen molar-refractivity contribution >= 4 is 17.3 Å². The Kier molecular flexibility index (Phi) is 4.53. The highest BCUT2D eigenvalue weighted by molar-refractivity contribution is 6.33. The van der Waals surface area contributed by atoms with Crippen LogP contribution in [0.3, 0.4) is 0 Å². The predicted octanol–water partition coefficient (Wildman–Crippen LogP) is 7.48. The van der Waals surface area contributed by atoms with E-state index in [4.69, 9.17) is 11.6 Å². The fraction of sp³-hybridized carbons (Fsp3) is 0.391. The summed E-state index contributed by atoms with van der Waals surface area (Å²) in [6.45, 7) is 6.48. The Balaban J connectivity index is 1.79. The van der Waals surface area contributed by atoms with Gasteiger partial charge < -0.3 is 5.32 Å². The SMILES string of the molecule is CC(C)(C)c1ccc([C@@H]2Nc3c(Cl)ccc(C(F)(F)F)c3[C@@H]3C=CC[C@H]32)cc1. The van der Waals surface area contributed by atoms with E-state index in [9.17, 15) is 13.2 Å². The molecule has 1 nitrogen and oxygen atoms in total. The van der Waals surface area contributed by atoms with Gasteiger partial charge in [0, 0.05) is 5.92 Å². The number of anilines is 1. The molecule has 5 heteroatoms. The first-order valence-corrected chi connectivity index (χ1v) is 9.88. The third-order valence-corrected chi connectivity index (χ3v) is 6.23. The molecule has 28 heavy (non-hydrogen) atoms. The topological polar surface area (TPSA) is 12.0 Å². The van der Waals surface area contributed by atoms with Crippen molar-refractivity contribution in [2.24, 2.45) is 5.92 Å². The normalized spacial score (nSPS) is 23.9. The van der Waals surface area contributed by atoms with Crippen LogP contribution in [0.4, 0.5) is 18.9 Å². The summed E-state index contributed by atoms with van der Waals surface area (Å²) >= 11 is 6.34. The average molecular weight is 406 g/mol. The lowest BCUT2D eigenvalue weighted by molar-refractivity contribution is -0.138. The molecule has 2 aromatic carbocycles. The highest BCUT2D eigenvalue weighted by Gasteiger charge is 2.44. The van der Waals surface area contributed by atoms with E-state index in [0.29, 0.717) is 10.7 Å². The molecule has 2 aliphatic rings. The van der Waals surface area contributed by atoms with Gasteiger partial charge in [0.25, 0.3) is 0 Å². The number of allylic oxidation sites excluding steroid dienone is 2. The van der Waals surface area contributed by atoms with Crippen molar-refractivity contribution in [2.75, 3.05) is 5.32 Å². The molecule has 2 aromatic rings.